The molecule has 1 N–H and O–H groups in total. The summed E-state index contributed by atoms with van der Waals surface area (Å²) >= 11 is 0. The van der Waals surface area contributed by atoms with Gasteiger partial charge in [0.05, 0.1) is 0 Å². The number of aliphatic carboxylic acids is 1. The Balaban J connectivity index is 3.90. The lowest BCUT2D eigenvalue weighted by Gasteiger charge is -2.05. The minimum Gasteiger partial charge on any atom is -0.481 e. The SMILES string of the molecule is CCCCC(=CCCC(=O)O)CCCC. The summed E-state index contributed by atoms with van der Waals surface area (Å²) in [4.78, 5) is 10.4. The molecule has 0 aliphatic rings. The molecule has 0 bridgehead atoms. The monoisotopic (exact) mass is 212 g/mol. The fraction of sp³-hybridized carbons (Fsp3) is 0.769. The van der Waals surface area contributed by atoms with Crippen molar-refractivity contribution in [3.63, 3.8) is 0 Å². The van der Waals surface area contributed by atoms with E-state index in [0.717, 1.165) is 12.8 Å². The van der Waals surface area contributed by atoms with Gasteiger partial charge < -0.3 is 5.11 Å². The van der Waals surface area contributed by atoms with Crippen molar-refractivity contribution >= 4 is 5.97 Å². The van der Waals surface area contributed by atoms with E-state index in [1.165, 1.54) is 31.3 Å². The van der Waals surface area contributed by atoms with Crippen molar-refractivity contribution in [2.24, 2.45) is 0 Å². The van der Waals surface area contributed by atoms with Crippen molar-refractivity contribution in [2.75, 3.05) is 0 Å². The first-order valence-corrected chi connectivity index (χ1v) is 6.10. The van der Waals surface area contributed by atoms with Crippen LogP contribution in [0.5, 0.6) is 0 Å². The largest absolute Gasteiger partial charge is 0.481 e. The van der Waals surface area contributed by atoms with E-state index in [1.807, 2.05) is 0 Å². The second-order valence-corrected chi connectivity index (χ2v) is 4.00. The fourth-order valence-electron chi connectivity index (χ4n) is 1.54. The summed E-state index contributed by atoms with van der Waals surface area (Å²) in [6.07, 6.45) is 10.3. The summed E-state index contributed by atoms with van der Waals surface area (Å²) < 4.78 is 0. The minimum absolute atomic E-state index is 0.266. The van der Waals surface area contributed by atoms with E-state index < -0.39 is 5.97 Å². The third kappa shape index (κ3) is 9.51. The number of carboxylic acids is 1. The molecule has 0 atom stereocenters. The van der Waals surface area contributed by atoms with Crippen LogP contribution in [-0.2, 0) is 4.79 Å². The van der Waals surface area contributed by atoms with Crippen molar-refractivity contribution in [1.82, 2.24) is 0 Å². The van der Waals surface area contributed by atoms with Gasteiger partial charge in [-0.1, -0.05) is 38.3 Å². The highest BCUT2D eigenvalue weighted by Gasteiger charge is 1.98. The Bertz CT molecular complexity index is 185. The van der Waals surface area contributed by atoms with E-state index in [9.17, 15) is 4.79 Å². The van der Waals surface area contributed by atoms with E-state index in [2.05, 4.69) is 19.9 Å². The summed E-state index contributed by atoms with van der Waals surface area (Å²) in [6, 6.07) is 0. The molecule has 0 radical (unpaired) electrons. The number of carbonyl (C=O) groups is 1. The summed E-state index contributed by atoms with van der Waals surface area (Å²) in [5.74, 6) is -0.698. The van der Waals surface area contributed by atoms with Crippen LogP contribution in [0, 0.1) is 0 Å². The number of unbranched alkanes of at least 4 members (excludes halogenated alkanes) is 2. The van der Waals surface area contributed by atoms with Gasteiger partial charge in [0.2, 0.25) is 0 Å². The van der Waals surface area contributed by atoms with Crippen LogP contribution in [0.15, 0.2) is 11.6 Å². The summed E-state index contributed by atoms with van der Waals surface area (Å²) in [5, 5.41) is 8.55. The molecule has 0 spiro atoms. The van der Waals surface area contributed by atoms with E-state index in [-0.39, 0.29) is 6.42 Å². The lowest BCUT2D eigenvalue weighted by Crippen LogP contribution is -1.93. The maximum atomic E-state index is 10.4. The van der Waals surface area contributed by atoms with Gasteiger partial charge in [0.15, 0.2) is 0 Å². The molecule has 0 rings (SSSR count). The molecule has 0 fully saturated rings. The van der Waals surface area contributed by atoms with E-state index in [4.69, 9.17) is 5.11 Å². The van der Waals surface area contributed by atoms with Crippen LogP contribution in [-0.4, -0.2) is 11.1 Å². The molecule has 0 amide bonds. The lowest BCUT2D eigenvalue weighted by atomic mass is 10.0. The molecule has 0 aliphatic heterocycles. The van der Waals surface area contributed by atoms with E-state index in [1.54, 1.807) is 0 Å². The molecule has 0 saturated carbocycles. The Hall–Kier alpha value is -0.790. The Morgan fingerprint density at radius 2 is 1.60 bits per heavy atom. The molecular weight excluding hydrogens is 188 g/mol. The molecule has 0 unspecified atom stereocenters. The first kappa shape index (κ1) is 14.2. The Kier molecular flexibility index (Phi) is 9.24. The molecule has 0 aromatic heterocycles. The fourth-order valence-corrected chi connectivity index (χ4v) is 1.54. The number of hydrogen-bond acceptors (Lipinski definition) is 1. The molecule has 2 heteroatoms. The normalized spacial score (nSPS) is 10.0. The molecule has 15 heavy (non-hydrogen) atoms. The first-order chi connectivity index (χ1) is 7.20. The van der Waals surface area contributed by atoms with Crippen molar-refractivity contribution in [3.05, 3.63) is 11.6 Å². The Morgan fingerprint density at radius 1 is 1.07 bits per heavy atom. The first-order valence-electron chi connectivity index (χ1n) is 6.10. The summed E-state index contributed by atoms with van der Waals surface area (Å²) in [5.41, 5.74) is 1.46. The van der Waals surface area contributed by atoms with Crippen LogP contribution in [0.4, 0.5) is 0 Å². The summed E-state index contributed by atoms with van der Waals surface area (Å²) in [7, 11) is 0. The molecule has 2 nitrogen and oxygen atoms in total. The van der Waals surface area contributed by atoms with Crippen LogP contribution in [0.25, 0.3) is 0 Å². The molecule has 0 heterocycles. The topological polar surface area (TPSA) is 37.3 Å². The van der Waals surface area contributed by atoms with Crippen molar-refractivity contribution in [3.8, 4) is 0 Å². The van der Waals surface area contributed by atoms with Crippen LogP contribution < -0.4 is 0 Å². The Morgan fingerprint density at radius 3 is 2.00 bits per heavy atom. The molecule has 0 aromatic carbocycles. The molecule has 0 aromatic rings. The number of carboxylic acid groups (broad SMARTS) is 1. The van der Waals surface area contributed by atoms with Gasteiger partial charge in [-0.15, -0.1) is 0 Å². The molecule has 0 aliphatic carbocycles. The second-order valence-electron chi connectivity index (χ2n) is 4.00. The average Bonchev–Trinajstić information content (AvgIpc) is 2.20. The van der Waals surface area contributed by atoms with Crippen LogP contribution >= 0.6 is 0 Å². The maximum Gasteiger partial charge on any atom is 0.303 e. The third-order valence-corrected chi connectivity index (χ3v) is 2.49. The van der Waals surface area contributed by atoms with Crippen LogP contribution in [0.2, 0.25) is 0 Å². The zero-order valence-corrected chi connectivity index (χ0v) is 10.1. The van der Waals surface area contributed by atoms with Gasteiger partial charge in [-0.25, -0.2) is 0 Å². The van der Waals surface area contributed by atoms with E-state index in [0.29, 0.717) is 6.42 Å². The molecule has 0 saturated heterocycles. The Labute approximate surface area is 93.4 Å². The zero-order chi connectivity index (χ0) is 11.5. The van der Waals surface area contributed by atoms with Crippen molar-refractivity contribution in [1.29, 1.82) is 0 Å². The zero-order valence-electron chi connectivity index (χ0n) is 10.1. The standard InChI is InChI=1S/C13H24O2/c1-3-5-8-12(9-6-4-2)10-7-11-13(14)15/h10H,3-9,11H2,1-2H3,(H,14,15). The van der Waals surface area contributed by atoms with Gasteiger partial charge >= 0.3 is 5.97 Å². The van der Waals surface area contributed by atoms with E-state index >= 15 is 0 Å². The highest BCUT2D eigenvalue weighted by atomic mass is 16.4. The number of allylic oxidation sites excluding steroid dienone is 2. The third-order valence-electron chi connectivity index (χ3n) is 2.49. The highest BCUT2D eigenvalue weighted by Crippen LogP contribution is 2.16. The molecule has 88 valence electrons. The minimum atomic E-state index is -0.698. The van der Waals surface area contributed by atoms with Crippen LogP contribution in [0.1, 0.15) is 65.2 Å². The number of hydrogen-bond donors (Lipinski definition) is 1. The second kappa shape index (κ2) is 9.75. The van der Waals surface area contributed by atoms with Gasteiger partial charge in [-0.3, -0.25) is 4.79 Å². The smallest absolute Gasteiger partial charge is 0.303 e. The van der Waals surface area contributed by atoms with Gasteiger partial charge in [0.25, 0.3) is 0 Å². The number of rotatable bonds is 9. The predicted octanol–water partition coefficient (Wildman–Crippen LogP) is 4.16. The maximum absolute atomic E-state index is 10.4. The van der Waals surface area contributed by atoms with Gasteiger partial charge in [0.1, 0.15) is 0 Å². The van der Waals surface area contributed by atoms with Crippen LogP contribution in [0.3, 0.4) is 0 Å². The predicted molar refractivity (Wildman–Crippen MR) is 64.0 cm³/mol. The van der Waals surface area contributed by atoms with Gasteiger partial charge in [-0.2, -0.15) is 0 Å². The van der Waals surface area contributed by atoms with Crippen molar-refractivity contribution < 1.29 is 9.90 Å². The average molecular weight is 212 g/mol. The van der Waals surface area contributed by atoms with Gasteiger partial charge in [-0.05, 0) is 32.1 Å². The van der Waals surface area contributed by atoms with Crippen molar-refractivity contribution in [2.45, 2.75) is 65.2 Å². The summed E-state index contributed by atoms with van der Waals surface area (Å²) in [6.45, 7) is 4.38. The van der Waals surface area contributed by atoms with Gasteiger partial charge in [0, 0.05) is 6.42 Å². The highest BCUT2D eigenvalue weighted by molar-refractivity contribution is 5.66. The molecular formula is C13H24O2. The quantitative estimate of drug-likeness (QED) is 0.583. The lowest BCUT2D eigenvalue weighted by molar-refractivity contribution is -0.136.